The number of anilines is 1. The summed E-state index contributed by atoms with van der Waals surface area (Å²) < 4.78 is 5.86. The van der Waals surface area contributed by atoms with Gasteiger partial charge in [0.1, 0.15) is 6.54 Å². The van der Waals surface area contributed by atoms with E-state index in [0.717, 1.165) is 19.3 Å². The van der Waals surface area contributed by atoms with Crippen molar-refractivity contribution in [3.05, 3.63) is 64.9 Å². The number of benzene rings is 2. The molecule has 2 amide bonds. The van der Waals surface area contributed by atoms with Crippen molar-refractivity contribution >= 4 is 35.2 Å². The summed E-state index contributed by atoms with van der Waals surface area (Å²) >= 11 is 6.25. The maximum Gasteiger partial charge on any atom is 0.294 e. The van der Waals surface area contributed by atoms with Crippen molar-refractivity contribution in [3.8, 4) is 5.75 Å². The number of hydrogen-bond acceptors (Lipinski definition) is 3. The molecule has 1 aliphatic carbocycles. The van der Waals surface area contributed by atoms with Crippen LogP contribution >= 0.6 is 11.6 Å². The summed E-state index contributed by atoms with van der Waals surface area (Å²) in [6, 6.07) is 14.6. The lowest BCUT2D eigenvalue weighted by Crippen LogP contribution is -2.48. The van der Waals surface area contributed by atoms with Gasteiger partial charge in [0.05, 0.1) is 5.69 Å². The van der Waals surface area contributed by atoms with Gasteiger partial charge >= 0.3 is 0 Å². The van der Waals surface area contributed by atoms with Gasteiger partial charge in [0, 0.05) is 11.1 Å². The number of carbonyl (C=O) groups is 2. The van der Waals surface area contributed by atoms with Crippen LogP contribution in [-0.2, 0) is 9.59 Å². The predicted molar refractivity (Wildman–Crippen MR) is 118 cm³/mol. The van der Waals surface area contributed by atoms with Crippen molar-refractivity contribution in [1.29, 1.82) is 0 Å². The molecule has 1 fully saturated rings. The summed E-state index contributed by atoms with van der Waals surface area (Å²) in [5.74, 6) is 0.609. The Hall–Kier alpha value is -2.79. The van der Waals surface area contributed by atoms with Gasteiger partial charge in [-0.2, -0.15) is 0 Å². The third kappa shape index (κ3) is 4.36. The SMILES string of the molecule is C[C@@H]1CCCC[C@@H]1NC(=O)CN1C(=O)/C(=C\c2ccccc2Cl)Oc2ccccc21. The molecule has 0 aromatic heterocycles. The molecular formula is C24H25ClN2O3. The number of ether oxygens (including phenoxy) is 1. The van der Waals surface area contributed by atoms with Crippen LogP contribution in [0.25, 0.3) is 6.08 Å². The standard InChI is InChI=1S/C24H25ClN2O3/c1-16-8-2-5-11-19(16)26-23(28)15-27-20-12-6-7-13-21(20)30-22(24(27)29)14-17-9-3-4-10-18(17)25/h3-4,6-7,9-10,12-14,16,19H,2,5,8,11,15H2,1H3,(H,26,28)/b22-14+/t16-,19+/m1/s1. The van der Waals surface area contributed by atoms with Crippen LogP contribution in [0.1, 0.15) is 38.2 Å². The predicted octanol–water partition coefficient (Wildman–Crippen LogP) is 4.80. The molecule has 2 aromatic carbocycles. The smallest absolute Gasteiger partial charge is 0.294 e. The fraction of sp³-hybridized carbons (Fsp3) is 0.333. The Labute approximate surface area is 181 Å². The second-order valence-corrected chi connectivity index (χ2v) is 8.33. The molecule has 0 spiro atoms. The van der Waals surface area contributed by atoms with Crippen molar-refractivity contribution in [2.75, 3.05) is 11.4 Å². The van der Waals surface area contributed by atoms with Gasteiger partial charge in [0.2, 0.25) is 5.91 Å². The normalized spacial score (nSPS) is 22.4. The maximum absolute atomic E-state index is 13.2. The molecule has 0 bridgehead atoms. The van der Waals surface area contributed by atoms with Gasteiger partial charge in [0.15, 0.2) is 11.5 Å². The van der Waals surface area contributed by atoms with Crippen LogP contribution in [0, 0.1) is 5.92 Å². The van der Waals surface area contributed by atoms with Gasteiger partial charge in [0.25, 0.3) is 5.91 Å². The monoisotopic (exact) mass is 424 g/mol. The lowest BCUT2D eigenvalue weighted by molar-refractivity contribution is -0.124. The summed E-state index contributed by atoms with van der Waals surface area (Å²) in [4.78, 5) is 27.5. The van der Waals surface area contributed by atoms with E-state index in [9.17, 15) is 9.59 Å². The Kier molecular flexibility index (Phi) is 6.09. The molecular weight excluding hydrogens is 400 g/mol. The van der Waals surface area contributed by atoms with Crippen molar-refractivity contribution < 1.29 is 14.3 Å². The number of nitrogens with one attached hydrogen (secondary N) is 1. The average Bonchev–Trinajstić information content (AvgIpc) is 2.74. The number of halogens is 1. The summed E-state index contributed by atoms with van der Waals surface area (Å²) in [6.07, 6.45) is 6.06. The van der Waals surface area contributed by atoms with Crippen LogP contribution in [0.3, 0.4) is 0 Å². The third-order valence-corrected chi connectivity index (χ3v) is 6.13. The number of rotatable bonds is 4. The van der Waals surface area contributed by atoms with Crippen molar-refractivity contribution in [2.24, 2.45) is 5.92 Å². The van der Waals surface area contributed by atoms with Gasteiger partial charge in [-0.25, -0.2) is 0 Å². The minimum Gasteiger partial charge on any atom is -0.449 e. The summed E-state index contributed by atoms with van der Waals surface area (Å²) in [5, 5.41) is 3.65. The molecule has 1 aliphatic heterocycles. The molecule has 0 saturated heterocycles. The van der Waals surface area contributed by atoms with Crippen molar-refractivity contribution in [1.82, 2.24) is 5.32 Å². The van der Waals surface area contributed by atoms with E-state index in [0.29, 0.717) is 27.9 Å². The quantitative estimate of drug-likeness (QED) is 0.717. The molecule has 2 aliphatic rings. The van der Waals surface area contributed by atoms with E-state index in [1.807, 2.05) is 30.3 Å². The highest BCUT2D eigenvalue weighted by Gasteiger charge is 2.32. The van der Waals surface area contributed by atoms with E-state index in [2.05, 4.69) is 12.2 Å². The van der Waals surface area contributed by atoms with Crippen LogP contribution in [0.2, 0.25) is 5.02 Å². The van der Waals surface area contributed by atoms with Crippen molar-refractivity contribution in [3.63, 3.8) is 0 Å². The van der Waals surface area contributed by atoms with Crippen LogP contribution in [0.4, 0.5) is 5.69 Å². The Balaban J connectivity index is 1.58. The van der Waals surface area contributed by atoms with Gasteiger partial charge in [-0.15, -0.1) is 0 Å². The molecule has 6 heteroatoms. The second kappa shape index (κ2) is 8.92. The zero-order valence-electron chi connectivity index (χ0n) is 16.9. The average molecular weight is 425 g/mol. The molecule has 5 nitrogen and oxygen atoms in total. The van der Waals surface area contributed by atoms with Crippen LogP contribution in [0.5, 0.6) is 5.75 Å². The molecule has 1 saturated carbocycles. The summed E-state index contributed by atoms with van der Waals surface area (Å²) in [7, 11) is 0. The fourth-order valence-corrected chi connectivity index (χ4v) is 4.27. The molecule has 2 atom stereocenters. The Morgan fingerprint density at radius 1 is 1.17 bits per heavy atom. The Bertz CT molecular complexity index is 988. The molecule has 4 rings (SSSR count). The fourth-order valence-electron chi connectivity index (χ4n) is 4.08. The molecule has 0 radical (unpaired) electrons. The van der Waals surface area contributed by atoms with Gasteiger partial charge in [-0.1, -0.05) is 61.7 Å². The first-order valence-electron chi connectivity index (χ1n) is 10.4. The van der Waals surface area contributed by atoms with Crippen LogP contribution in [-0.4, -0.2) is 24.4 Å². The highest BCUT2D eigenvalue weighted by molar-refractivity contribution is 6.32. The lowest BCUT2D eigenvalue weighted by Gasteiger charge is -2.32. The number of fused-ring (bicyclic) bond motifs is 1. The molecule has 2 aromatic rings. The molecule has 30 heavy (non-hydrogen) atoms. The molecule has 156 valence electrons. The van der Waals surface area contributed by atoms with Gasteiger partial charge < -0.3 is 10.1 Å². The zero-order chi connectivity index (χ0) is 21.1. The van der Waals surface area contributed by atoms with Gasteiger partial charge in [-0.3, -0.25) is 14.5 Å². The van der Waals surface area contributed by atoms with E-state index >= 15 is 0 Å². The zero-order valence-corrected chi connectivity index (χ0v) is 17.7. The number of hydrogen-bond donors (Lipinski definition) is 1. The van der Waals surface area contributed by atoms with Crippen molar-refractivity contribution in [2.45, 2.75) is 38.6 Å². The Morgan fingerprint density at radius 3 is 2.70 bits per heavy atom. The third-order valence-electron chi connectivity index (χ3n) is 5.78. The van der Waals surface area contributed by atoms with Crippen LogP contribution in [0.15, 0.2) is 54.3 Å². The van der Waals surface area contributed by atoms with E-state index in [-0.39, 0.29) is 30.2 Å². The largest absolute Gasteiger partial charge is 0.449 e. The first-order chi connectivity index (χ1) is 14.5. The topological polar surface area (TPSA) is 58.6 Å². The highest BCUT2D eigenvalue weighted by atomic mass is 35.5. The summed E-state index contributed by atoms with van der Waals surface area (Å²) in [6.45, 7) is 2.12. The second-order valence-electron chi connectivity index (χ2n) is 7.93. The number of carbonyl (C=O) groups excluding carboxylic acids is 2. The number of para-hydroxylation sites is 2. The first kappa shape index (κ1) is 20.5. The minimum absolute atomic E-state index is 0.0533. The maximum atomic E-state index is 13.2. The lowest BCUT2D eigenvalue weighted by atomic mass is 9.86. The number of amides is 2. The molecule has 0 unspecified atom stereocenters. The Morgan fingerprint density at radius 2 is 1.90 bits per heavy atom. The van der Waals surface area contributed by atoms with E-state index in [4.69, 9.17) is 16.3 Å². The number of nitrogens with zero attached hydrogens (tertiary/aromatic N) is 1. The minimum atomic E-state index is -0.361. The highest BCUT2D eigenvalue weighted by Crippen LogP contribution is 2.36. The van der Waals surface area contributed by atoms with Gasteiger partial charge in [-0.05, 0) is 48.6 Å². The first-order valence-corrected chi connectivity index (χ1v) is 10.7. The van der Waals surface area contributed by atoms with Crippen LogP contribution < -0.4 is 15.0 Å². The van der Waals surface area contributed by atoms with E-state index in [1.54, 1.807) is 24.3 Å². The molecule has 1 N–H and O–H groups in total. The molecule has 1 heterocycles. The van der Waals surface area contributed by atoms with E-state index in [1.165, 1.54) is 11.3 Å². The van der Waals surface area contributed by atoms with E-state index < -0.39 is 0 Å². The summed E-state index contributed by atoms with van der Waals surface area (Å²) in [5.41, 5.74) is 1.27.